The Hall–Kier alpha value is -1.95. The maximum atomic E-state index is 12.6. The van der Waals surface area contributed by atoms with E-state index in [9.17, 15) is 14.4 Å². The van der Waals surface area contributed by atoms with Gasteiger partial charge in [0.1, 0.15) is 5.57 Å². The van der Waals surface area contributed by atoms with E-state index in [0.29, 0.717) is 0 Å². The highest BCUT2D eigenvalue weighted by Crippen LogP contribution is 2.27. The summed E-state index contributed by atoms with van der Waals surface area (Å²) in [4.78, 5) is 37.8. The zero-order valence-electron chi connectivity index (χ0n) is 11.8. The molecule has 0 unspecified atom stereocenters. The number of nitrogens with one attached hydrogen (secondary N) is 1. The Morgan fingerprint density at radius 2 is 1.73 bits per heavy atom. The molecule has 5 nitrogen and oxygen atoms in total. The minimum atomic E-state index is -0.632. The Morgan fingerprint density at radius 1 is 1.09 bits per heavy atom. The molecule has 0 aromatic heterocycles. The number of carbonyl (C=O) groups excluding carboxylic acids is 3. The third-order valence-electron chi connectivity index (χ3n) is 4.00. The molecule has 1 heterocycles. The number of halogens is 1. The van der Waals surface area contributed by atoms with Crippen molar-refractivity contribution in [3.8, 4) is 0 Å². The van der Waals surface area contributed by atoms with Crippen LogP contribution in [0.25, 0.3) is 6.08 Å². The second-order valence-corrected chi connectivity index (χ2v) is 6.40. The zero-order chi connectivity index (χ0) is 15.7. The summed E-state index contributed by atoms with van der Waals surface area (Å²) in [6.45, 7) is 0. The van der Waals surface area contributed by atoms with E-state index >= 15 is 0 Å². The number of urea groups is 1. The fourth-order valence-electron chi connectivity index (χ4n) is 2.89. The van der Waals surface area contributed by atoms with Gasteiger partial charge in [0.2, 0.25) is 0 Å². The second kappa shape index (κ2) is 6.04. The van der Waals surface area contributed by atoms with Gasteiger partial charge in [0, 0.05) is 10.5 Å². The van der Waals surface area contributed by atoms with Crippen LogP contribution >= 0.6 is 15.9 Å². The van der Waals surface area contributed by atoms with Crippen LogP contribution in [0.4, 0.5) is 4.79 Å². The van der Waals surface area contributed by atoms with Gasteiger partial charge in [-0.25, -0.2) is 4.79 Å². The van der Waals surface area contributed by atoms with Gasteiger partial charge in [-0.1, -0.05) is 40.9 Å². The van der Waals surface area contributed by atoms with Crippen molar-refractivity contribution < 1.29 is 14.4 Å². The Kier molecular flexibility index (Phi) is 4.11. The average Bonchev–Trinajstić information content (AvgIpc) is 2.99. The molecule has 1 saturated carbocycles. The maximum Gasteiger partial charge on any atom is 0.331 e. The van der Waals surface area contributed by atoms with Crippen LogP contribution in [0.1, 0.15) is 31.2 Å². The van der Waals surface area contributed by atoms with Gasteiger partial charge in [0.25, 0.3) is 11.8 Å². The first-order chi connectivity index (χ1) is 10.6. The Bertz CT molecular complexity index is 660. The lowest BCUT2D eigenvalue weighted by Gasteiger charge is -2.31. The van der Waals surface area contributed by atoms with Crippen molar-refractivity contribution in [2.24, 2.45) is 0 Å². The van der Waals surface area contributed by atoms with Gasteiger partial charge in [-0.15, -0.1) is 0 Å². The molecule has 1 saturated heterocycles. The van der Waals surface area contributed by atoms with Crippen molar-refractivity contribution in [3.63, 3.8) is 0 Å². The monoisotopic (exact) mass is 362 g/mol. The summed E-state index contributed by atoms with van der Waals surface area (Å²) in [5.41, 5.74) is 0.747. The Morgan fingerprint density at radius 3 is 2.36 bits per heavy atom. The largest absolute Gasteiger partial charge is 0.331 e. The highest BCUT2D eigenvalue weighted by molar-refractivity contribution is 9.10. The van der Waals surface area contributed by atoms with Crippen LogP contribution in [-0.2, 0) is 9.59 Å². The van der Waals surface area contributed by atoms with Gasteiger partial charge in [0.05, 0.1) is 0 Å². The minimum absolute atomic E-state index is 0.00817. The molecular formula is C16H15BrN2O3. The van der Waals surface area contributed by atoms with Crippen molar-refractivity contribution >= 4 is 39.9 Å². The number of imide groups is 2. The van der Waals surface area contributed by atoms with E-state index < -0.39 is 17.8 Å². The van der Waals surface area contributed by atoms with E-state index in [1.54, 1.807) is 12.1 Å². The summed E-state index contributed by atoms with van der Waals surface area (Å²) in [7, 11) is 0. The maximum absolute atomic E-state index is 12.6. The molecule has 1 aliphatic carbocycles. The summed E-state index contributed by atoms with van der Waals surface area (Å²) >= 11 is 3.34. The first-order valence-electron chi connectivity index (χ1n) is 7.22. The van der Waals surface area contributed by atoms with E-state index in [0.717, 1.165) is 35.7 Å². The molecule has 22 heavy (non-hydrogen) atoms. The number of carbonyl (C=O) groups is 3. The highest BCUT2D eigenvalue weighted by atomic mass is 79.9. The van der Waals surface area contributed by atoms with Gasteiger partial charge >= 0.3 is 6.03 Å². The third-order valence-corrected chi connectivity index (χ3v) is 4.53. The number of amides is 4. The number of hydrogen-bond donors (Lipinski definition) is 1. The molecule has 0 spiro atoms. The fraction of sp³-hybridized carbons (Fsp3) is 0.312. The Balaban J connectivity index is 1.92. The van der Waals surface area contributed by atoms with E-state index in [4.69, 9.17) is 0 Å². The third kappa shape index (κ3) is 2.83. The summed E-state index contributed by atoms with van der Waals surface area (Å²) in [6.07, 6.45) is 5.14. The van der Waals surface area contributed by atoms with Crippen LogP contribution in [0.5, 0.6) is 0 Å². The van der Waals surface area contributed by atoms with Crippen LogP contribution < -0.4 is 5.32 Å². The molecule has 1 aromatic carbocycles. The molecule has 6 heteroatoms. The van der Waals surface area contributed by atoms with Gasteiger partial charge in [-0.3, -0.25) is 19.8 Å². The van der Waals surface area contributed by atoms with Crippen LogP contribution in [0.3, 0.4) is 0 Å². The molecule has 0 bridgehead atoms. The van der Waals surface area contributed by atoms with Crippen molar-refractivity contribution in [2.75, 3.05) is 0 Å². The van der Waals surface area contributed by atoms with Crippen LogP contribution in [0, 0.1) is 0 Å². The molecular weight excluding hydrogens is 348 g/mol. The lowest BCUT2D eigenvalue weighted by Crippen LogP contribution is -2.57. The molecule has 0 atom stereocenters. The highest BCUT2D eigenvalue weighted by Gasteiger charge is 2.40. The summed E-state index contributed by atoms with van der Waals surface area (Å²) in [6, 6.07) is 6.56. The van der Waals surface area contributed by atoms with Gasteiger partial charge < -0.3 is 0 Å². The number of nitrogens with zero attached hydrogens (tertiary/aromatic N) is 1. The van der Waals surface area contributed by atoms with Crippen LogP contribution in [-0.4, -0.2) is 28.8 Å². The summed E-state index contributed by atoms with van der Waals surface area (Å²) in [5.74, 6) is -1.13. The summed E-state index contributed by atoms with van der Waals surface area (Å²) in [5, 5.41) is 2.27. The molecule has 1 N–H and O–H groups in total. The van der Waals surface area contributed by atoms with Crippen molar-refractivity contribution in [2.45, 2.75) is 31.7 Å². The smallest absolute Gasteiger partial charge is 0.273 e. The SMILES string of the molecule is O=C1NC(=O)N(C2CCCC2)C(=O)/C1=C/c1ccc(Br)cc1. The van der Waals surface area contributed by atoms with Crippen LogP contribution in [0.2, 0.25) is 0 Å². The average molecular weight is 363 g/mol. The summed E-state index contributed by atoms with van der Waals surface area (Å²) < 4.78 is 0.914. The van der Waals surface area contributed by atoms with Gasteiger partial charge in [-0.05, 0) is 36.6 Å². The molecule has 1 aliphatic heterocycles. The minimum Gasteiger partial charge on any atom is -0.273 e. The van der Waals surface area contributed by atoms with Crippen molar-refractivity contribution in [1.29, 1.82) is 0 Å². The molecule has 1 aromatic rings. The van der Waals surface area contributed by atoms with E-state index in [1.165, 1.54) is 11.0 Å². The van der Waals surface area contributed by atoms with Gasteiger partial charge in [-0.2, -0.15) is 0 Å². The van der Waals surface area contributed by atoms with E-state index in [2.05, 4.69) is 21.2 Å². The Labute approximate surface area is 136 Å². The van der Waals surface area contributed by atoms with Crippen molar-refractivity contribution in [3.05, 3.63) is 39.9 Å². The van der Waals surface area contributed by atoms with Gasteiger partial charge in [0.15, 0.2) is 0 Å². The predicted octanol–water partition coefficient (Wildman–Crippen LogP) is 2.85. The number of barbiturate groups is 1. The quantitative estimate of drug-likeness (QED) is 0.649. The molecule has 2 aliphatic rings. The normalized spacial score (nSPS) is 21.6. The van der Waals surface area contributed by atoms with E-state index in [-0.39, 0.29) is 11.6 Å². The standard InChI is InChI=1S/C16H15BrN2O3/c17-11-7-5-10(6-8-11)9-13-14(20)18-16(22)19(15(13)21)12-3-1-2-4-12/h5-9,12H,1-4H2,(H,18,20,22)/b13-9+. The molecule has 0 radical (unpaired) electrons. The number of benzene rings is 1. The lowest BCUT2D eigenvalue weighted by atomic mass is 10.1. The lowest BCUT2D eigenvalue weighted by molar-refractivity contribution is -0.131. The number of hydrogen-bond acceptors (Lipinski definition) is 3. The molecule has 114 valence electrons. The zero-order valence-corrected chi connectivity index (χ0v) is 13.4. The van der Waals surface area contributed by atoms with E-state index in [1.807, 2.05) is 12.1 Å². The van der Waals surface area contributed by atoms with Crippen molar-refractivity contribution in [1.82, 2.24) is 10.2 Å². The predicted molar refractivity (Wildman–Crippen MR) is 84.8 cm³/mol. The fourth-order valence-corrected chi connectivity index (χ4v) is 3.16. The molecule has 2 fully saturated rings. The second-order valence-electron chi connectivity index (χ2n) is 5.48. The molecule has 3 rings (SSSR count). The van der Waals surface area contributed by atoms with Crippen LogP contribution in [0.15, 0.2) is 34.3 Å². The topological polar surface area (TPSA) is 66.5 Å². The molecule has 4 amide bonds. The number of rotatable bonds is 2. The first kappa shape index (κ1) is 15.0. The first-order valence-corrected chi connectivity index (χ1v) is 8.01.